The fraction of sp³-hybridized carbons (Fsp3) is 0.188. The molecule has 19 heavy (non-hydrogen) atoms. The summed E-state index contributed by atoms with van der Waals surface area (Å²) < 4.78 is 0. The molecule has 0 unspecified atom stereocenters. The third kappa shape index (κ3) is 2.19. The summed E-state index contributed by atoms with van der Waals surface area (Å²) in [6.45, 7) is 2.16. The molecule has 2 aromatic carbocycles. The van der Waals surface area contributed by atoms with Gasteiger partial charge in [-0.1, -0.05) is 25.5 Å². The third-order valence-electron chi connectivity index (χ3n) is 3.33. The molecule has 3 aromatic rings. The number of imidazole rings is 1. The first kappa shape index (κ1) is 11.8. The van der Waals surface area contributed by atoms with E-state index in [2.05, 4.69) is 23.0 Å². The number of rotatable bonds is 3. The van der Waals surface area contributed by atoms with Gasteiger partial charge in [-0.15, -0.1) is 0 Å². The molecule has 1 aromatic heterocycles. The monoisotopic (exact) mass is 252 g/mol. The molecular formula is C16H16N2O. The SMILES string of the molecule is CCCc1ccc(O)c(-c2ccc3[nH]cnc3c2)c1. The number of aryl methyl sites for hydroxylation is 1. The maximum atomic E-state index is 10.1. The molecule has 0 saturated heterocycles. The molecular weight excluding hydrogens is 236 g/mol. The molecule has 2 N–H and O–H groups in total. The van der Waals surface area contributed by atoms with E-state index in [9.17, 15) is 5.11 Å². The Labute approximate surface area is 111 Å². The van der Waals surface area contributed by atoms with Gasteiger partial charge in [0.05, 0.1) is 17.4 Å². The maximum absolute atomic E-state index is 10.1. The summed E-state index contributed by atoms with van der Waals surface area (Å²) in [5.74, 6) is 0.315. The van der Waals surface area contributed by atoms with Crippen LogP contribution in [-0.2, 0) is 6.42 Å². The van der Waals surface area contributed by atoms with Crippen LogP contribution in [0.3, 0.4) is 0 Å². The van der Waals surface area contributed by atoms with Crippen LogP contribution >= 0.6 is 0 Å². The van der Waals surface area contributed by atoms with Crippen molar-refractivity contribution < 1.29 is 5.11 Å². The lowest BCUT2D eigenvalue weighted by Crippen LogP contribution is -1.86. The predicted molar refractivity (Wildman–Crippen MR) is 77.2 cm³/mol. The molecule has 0 fully saturated rings. The smallest absolute Gasteiger partial charge is 0.123 e. The minimum atomic E-state index is 0.315. The van der Waals surface area contributed by atoms with Crippen LogP contribution in [0.15, 0.2) is 42.7 Å². The van der Waals surface area contributed by atoms with Crippen molar-refractivity contribution >= 4 is 11.0 Å². The normalized spacial score (nSPS) is 11.0. The number of phenols is 1. The van der Waals surface area contributed by atoms with Crippen molar-refractivity contribution in [3.63, 3.8) is 0 Å². The van der Waals surface area contributed by atoms with E-state index in [1.54, 1.807) is 12.4 Å². The Bertz CT molecular complexity index is 716. The van der Waals surface area contributed by atoms with E-state index < -0.39 is 0 Å². The number of hydrogen-bond donors (Lipinski definition) is 2. The Balaban J connectivity index is 2.11. The molecule has 3 nitrogen and oxygen atoms in total. The molecule has 3 heteroatoms. The van der Waals surface area contributed by atoms with E-state index in [-0.39, 0.29) is 0 Å². The lowest BCUT2D eigenvalue weighted by molar-refractivity contribution is 0.477. The Kier molecular flexibility index (Phi) is 2.95. The molecule has 3 rings (SSSR count). The average molecular weight is 252 g/mol. The van der Waals surface area contributed by atoms with Crippen LogP contribution in [-0.4, -0.2) is 15.1 Å². The van der Waals surface area contributed by atoms with Crippen LogP contribution in [0.1, 0.15) is 18.9 Å². The van der Waals surface area contributed by atoms with Crippen molar-refractivity contribution in [3.05, 3.63) is 48.3 Å². The van der Waals surface area contributed by atoms with E-state index in [4.69, 9.17) is 0 Å². The summed E-state index contributed by atoms with van der Waals surface area (Å²) >= 11 is 0. The summed E-state index contributed by atoms with van der Waals surface area (Å²) in [6.07, 6.45) is 3.81. The zero-order valence-corrected chi connectivity index (χ0v) is 10.9. The average Bonchev–Trinajstić information content (AvgIpc) is 2.88. The molecule has 0 saturated carbocycles. The number of aromatic hydroxyl groups is 1. The van der Waals surface area contributed by atoms with Gasteiger partial charge in [0.25, 0.3) is 0 Å². The Morgan fingerprint density at radius 2 is 2.05 bits per heavy atom. The number of aromatic nitrogens is 2. The number of benzene rings is 2. The van der Waals surface area contributed by atoms with Crippen molar-refractivity contribution in [1.29, 1.82) is 0 Å². The first-order valence-corrected chi connectivity index (χ1v) is 6.53. The van der Waals surface area contributed by atoms with E-state index in [0.717, 1.165) is 35.0 Å². The molecule has 0 aliphatic heterocycles. The van der Waals surface area contributed by atoms with Gasteiger partial charge < -0.3 is 10.1 Å². The number of hydrogen-bond acceptors (Lipinski definition) is 2. The van der Waals surface area contributed by atoms with Crippen LogP contribution in [0.25, 0.3) is 22.2 Å². The molecule has 0 bridgehead atoms. The topological polar surface area (TPSA) is 48.9 Å². The van der Waals surface area contributed by atoms with Crippen molar-refractivity contribution in [2.75, 3.05) is 0 Å². The minimum Gasteiger partial charge on any atom is -0.507 e. The van der Waals surface area contributed by atoms with Crippen molar-refractivity contribution in [2.24, 2.45) is 0 Å². The third-order valence-corrected chi connectivity index (χ3v) is 3.33. The minimum absolute atomic E-state index is 0.315. The van der Waals surface area contributed by atoms with Crippen molar-refractivity contribution in [2.45, 2.75) is 19.8 Å². The zero-order chi connectivity index (χ0) is 13.2. The van der Waals surface area contributed by atoms with Crippen LogP contribution in [0, 0.1) is 0 Å². The van der Waals surface area contributed by atoms with Gasteiger partial charge in [-0.25, -0.2) is 4.98 Å². The zero-order valence-electron chi connectivity index (χ0n) is 10.9. The number of phenolic OH excluding ortho intramolecular Hbond substituents is 1. The predicted octanol–water partition coefficient (Wildman–Crippen LogP) is 3.89. The number of fused-ring (bicyclic) bond motifs is 1. The van der Waals surface area contributed by atoms with Gasteiger partial charge in [0.1, 0.15) is 5.75 Å². The molecule has 0 aliphatic carbocycles. The Hall–Kier alpha value is -2.29. The van der Waals surface area contributed by atoms with Crippen molar-refractivity contribution in [1.82, 2.24) is 9.97 Å². The highest BCUT2D eigenvalue weighted by Gasteiger charge is 2.07. The summed E-state index contributed by atoms with van der Waals surface area (Å²) in [5, 5.41) is 10.1. The van der Waals surface area contributed by atoms with E-state index in [1.165, 1.54) is 5.56 Å². The molecule has 0 aliphatic rings. The van der Waals surface area contributed by atoms with Crippen molar-refractivity contribution in [3.8, 4) is 16.9 Å². The summed E-state index contributed by atoms with van der Waals surface area (Å²) in [7, 11) is 0. The lowest BCUT2D eigenvalue weighted by Gasteiger charge is -2.07. The summed E-state index contributed by atoms with van der Waals surface area (Å²) in [6, 6.07) is 11.8. The van der Waals surface area contributed by atoms with Crippen LogP contribution < -0.4 is 0 Å². The first-order chi connectivity index (χ1) is 9.28. The van der Waals surface area contributed by atoms with E-state index in [1.807, 2.05) is 24.3 Å². The molecule has 0 amide bonds. The van der Waals surface area contributed by atoms with Gasteiger partial charge in [0, 0.05) is 5.56 Å². The van der Waals surface area contributed by atoms with Gasteiger partial charge in [-0.05, 0) is 41.8 Å². The van der Waals surface area contributed by atoms with Gasteiger partial charge in [0.2, 0.25) is 0 Å². The standard InChI is InChI=1S/C16H16N2O/c1-2-3-11-4-7-16(19)13(8-11)12-5-6-14-15(9-12)18-10-17-14/h4-10,19H,2-3H2,1H3,(H,17,18). The second-order valence-corrected chi connectivity index (χ2v) is 4.74. The van der Waals surface area contributed by atoms with Gasteiger partial charge in [0.15, 0.2) is 0 Å². The largest absolute Gasteiger partial charge is 0.507 e. The Morgan fingerprint density at radius 3 is 2.89 bits per heavy atom. The quantitative estimate of drug-likeness (QED) is 0.743. The fourth-order valence-electron chi connectivity index (χ4n) is 2.36. The van der Waals surface area contributed by atoms with E-state index >= 15 is 0 Å². The second kappa shape index (κ2) is 4.76. The molecule has 1 heterocycles. The first-order valence-electron chi connectivity index (χ1n) is 6.53. The molecule has 0 spiro atoms. The maximum Gasteiger partial charge on any atom is 0.123 e. The number of H-pyrrole nitrogens is 1. The summed E-state index contributed by atoms with van der Waals surface area (Å²) in [4.78, 5) is 7.33. The lowest BCUT2D eigenvalue weighted by atomic mass is 9.99. The highest BCUT2D eigenvalue weighted by Crippen LogP contribution is 2.31. The highest BCUT2D eigenvalue weighted by molar-refractivity contribution is 5.83. The Morgan fingerprint density at radius 1 is 1.16 bits per heavy atom. The van der Waals surface area contributed by atoms with Gasteiger partial charge in [-0.2, -0.15) is 0 Å². The highest BCUT2D eigenvalue weighted by atomic mass is 16.3. The fourth-order valence-corrected chi connectivity index (χ4v) is 2.36. The van der Waals surface area contributed by atoms with Gasteiger partial charge >= 0.3 is 0 Å². The van der Waals surface area contributed by atoms with Crippen LogP contribution in [0.5, 0.6) is 5.75 Å². The van der Waals surface area contributed by atoms with Crippen LogP contribution in [0.2, 0.25) is 0 Å². The molecule has 96 valence electrons. The van der Waals surface area contributed by atoms with Crippen LogP contribution in [0.4, 0.5) is 0 Å². The number of nitrogens with one attached hydrogen (secondary N) is 1. The van der Waals surface area contributed by atoms with Gasteiger partial charge in [-0.3, -0.25) is 0 Å². The van der Waals surface area contributed by atoms with E-state index in [0.29, 0.717) is 5.75 Å². The number of aromatic amines is 1. The second-order valence-electron chi connectivity index (χ2n) is 4.74. The molecule has 0 atom stereocenters. The molecule has 0 radical (unpaired) electrons. The summed E-state index contributed by atoms with van der Waals surface area (Å²) in [5.41, 5.74) is 5.04. The number of nitrogens with zero attached hydrogens (tertiary/aromatic N) is 1.